The molecule has 1 saturated carbocycles. The van der Waals surface area contributed by atoms with Crippen molar-refractivity contribution in [1.82, 2.24) is 0 Å². The first-order chi connectivity index (χ1) is 7.81. The molecule has 92 valence electrons. The summed E-state index contributed by atoms with van der Waals surface area (Å²) in [4.78, 5) is 0. The van der Waals surface area contributed by atoms with Gasteiger partial charge in [-0.2, -0.15) is 5.26 Å². The summed E-state index contributed by atoms with van der Waals surface area (Å²) in [5.41, 5.74) is 0. The van der Waals surface area contributed by atoms with Crippen LogP contribution in [0.25, 0.3) is 0 Å². The Bertz CT molecular complexity index is 221. The lowest BCUT2D eigenvalue weighted by molar-refractivity contribution is -0.0118. The molecule has 0 aromatic heterocycles. The fourth-order valence-corrected chi connectivity index (χ4v) is 2.59. The van der Waals surface area contributed by atoms with Crippen LogP contribution < -0.4 is 0 Å². The van der Waals surface area contributed by atoms with Gasteiger partial charge in [-0.05, 0) is 31.6 Å². The van der Waals surface area contributed by atoms with Gasteiger partial charge in [-0.15, -0.1) is 0 Å². The first-order valence-electron chi connectivity index (χ1n) is 6.83. The van der Waals surface area contributed by atoms with Crippen LogP contribution >= 0.6 is 0 Å². The van der Waals surface area contributed by atoms with E-state index in [1.807, 2.05) is 0 Å². The molecule has 2 heteroatoms. The summed E-state index contributed by atoms with van der Waals surface area (Å²) in [7, 11) is 0. The molecule has 3 unspecified atom stereocenters. The monoisotopic (exact) mass is 223 g/mol. The molecule has 0 spiro atoms. The lowest BCUT2D eigenvalue weighted by atomic mass is 9.78. The van der Waals surface area contributed by atoms with Gasteiger partial charge in [0.2, 0.25) is 0 Å². The number of nitrogens with zero attached hydrogens (tertiary/aromatic N) is 1. The molecular weight excluding hydrogens is 198 g/mol. The minimum atomic E-state index is 0.143. The predicted octanol–water partition coefficient (Wildman–Crippen LogP) is 3.91. The predicted molar refractivity (Wildman–Crippen MR) is 66.0 cm³/mol. The van der Waals surface area contributed by atoms with Crippen LogP contribution in [0.4, 0.5) is 0 Å². The normalized spacial score (nSPS) is 29.9. The maximum atomic E-state index is 9.10. The van der Waals surface area contributed by atoms with Crippen LogP contribution in [0.2, 0.25) is 0 Å². The molecule has 2 nitrogen and oxygen atoms in total. The van der Waals surface area contributed by atoms with Gasteiger partial charge in [0.15, 0.2) is 0 Å². The van der Waals surface area contributed by atoms with Gasteiger partial charge in [-0.1, -0.05) is 33.1 Å². The van der Waals surface area contributed by atoms with Crippen LogP contribution in [0.15, 0.2) is 0 Å². The van der Waals surface area contributed by atoms with Gasteiger partial charge in [0, 0.05) is 6.61 Å². The third-order valence-corrected chi connectivity index (χ3v) is 3.59. The van der Waals surface area contributed by atoms with Crippen molar-refractivity contribution in [3.05, 3.63) is 0 Å². The molecule has 1 fully saturated rings. The highest BCUT2D eigenvalue weighted by atomic mass is 16.5. The van der Waals surface area contributed by atoms with Gasteiger partial charge in [-0.3, -0.25) is 0 Å². The zero-order valence-electron chi connectivity index (χ0n) is 10.7. The minimum Gasteiger partial charge on any atom is -0.377 e. The molecule has 0 heterocycles. The average Bonchev–Trinajstić information content (AvgIpc) is 2.30. The number of unbranched alkanes of at least 4 members (excludes halogenated alkanes) is 1. The highest BCUT2D eigenvalue weighted by Gasteiger charge is 2.30. The van der Waals surface area contributed by atoms with E-state index in [9.17, 15) is 0 Å². The van der Waals surface area contributed by atoms with E-state index in [0.29, 0.717) is 0 Å². The molecule has 3 atom stereocenters. The van der Waals surface area contributed by atoms with Crippen molar-refractivity contribution >= 4 is 0 Å². The number of hydrogen-bond acceptors (Lipinski definition) is 2. The first-order valence-corrected chi connectivity index (χ1v) is 6.83. The Labute approximate surface area is 100.0 Å². The van der Waals surface area contributed by atoms with Gasteiger partial charge in [-0.25, -0.2) is 0 Å². The largest absolute Gasteiger partial charge is 0.377 e. The minimum absolute atomic E-state index is 0.143. The Hall–Kier alpha value is -0.550. The highest BCUT2D eigenvalue weighted by molar-refractivity contribution is 4.93. The van der Waals surface area contributed by atoms with E-state index in [0.717, 1.165) is 31.8 Å². The average molecular weight is 223 g/mol. The number of rotatable bonds is 6. The van der Waals surface area contributed by atoms with E-state index in [-0.39, 0.29) is 12.0 Å². The summed E-state index contributed by atoms with van der Waals surface area (Å²) in [6, 6.07) is 2.42. The summed E-state index contributed by atoms with van der Waals surface area (Å²) in [5, 5.41) is 9.10. The zero-order valence-corrected chi connectivity index (χ0v) is 10.7. The van der Waals surface area contributed by atoms with Crippen molar-refractivity contribution < 1.29 is 4.74 Å². The molecular formula is C14H25NO. The molecule has 1 aliphatic rings. The number of hydrogen-bond donors (Lipinski definition) is 0. The molecule has 0 N–H and O–H groups in total. The van der Waals surface area contributed by atoms with E-state index in [1.165, 1.54) is 25.7 Å². The summed E-state index contributed by atoms with van der Waals surface area (Å²) < 4.78 is 5.88. The molecule has 1 aliphatic carbocycles. The van der Waals surface area contributed by atoms with Gasteiger partial charge in [0.25, 0.3) is 0 Å². The van der Waals surface area contributed by atoms with Crippen LogP contribution in [0.3, 0.4) is 0 Å². The van der Waals surface area contributed by atoms with E-state index < -0.39 is 0 Å². The zero-order chi connectivity index (χ0) is 11.8. The summed E-state index contributed by atoms with van der Waals surface area (Å²) in [6.45, 7) is 5.24. The van der Waals surface area contributed by atoms with Crippen LogP contribution in [0.5, 0.6) is 0 Å². The third kappa shape index (κ3) is 4.14. The molecule has 16 heavy (non-hydrogen) atoms. The molecule has 0 radical (unpaired) electrons. The van der Waals surface area contributed by atoms with Gasteiger partial charge >= 0.3 is 0 Å². The first kappa shape index (κ1) is 13.5. The fourth-order valence-electron chi connectivity index (χ4n) is 2.59. The highest BCUT2D eigenvalue weighted by Crippen LogP contribution is 2.33. The Kier molecular flexibility index (Phi) is 6.49. The summed E-state index contributed by atoms with van der Waals surface area (Å²) in [5.74, 6) is 0.936. The fraction of sp³-hybridized carbons (Fsp3) is 0.929. The molecule has 0 aromatic carbocycles. The number of nitriles is 1. The quantitative estimate of drug-likeness (QED) is 0.639. The SMILES string of the molecule is CCCCOC1CC(CCC)CCC1C#N. The van der Waals surface area contributed by atoms with Crippen LogP contribution in [0.1, 0.15) is 58.8 Å². The van der Waals surface area contributed by atoms with Gasteiger partial charge in [0.1, 0.15) is 0 Å². The summed E-state index contributed by atoms with van der Waals surface area (Å²) >= 11 is 0. The lowest BCUT2D eigenvalue weighted by Crippen LogP contribution is -2.31. The third-order valence-electron chi connectivity index (χ3n) is 3.59. The van der Waals surface area contributed by atoms with E-state index >= 15 is 0 Å². The smallest absolute Gasteiger partial charge is 0.0735 e. The summed E-state index contributed by atoms with van der Waals surface area (Å²) in [6.07, 6.45) is 8.42. The molecule has 0 saturated heterocycles. The maximum Gasteiger partial charge on any atom is 0.0735 e. The second-order valence-electron chi connectivity index (χ2n) is 4.97. The van der Waals surface area contributed by atoms with Crippen LogP contribution in [-0.2, 0) is 4.74 Å². The second-order valence-corrected chi connectivity index (χ2v) is 4.97. The molecule has 0 aromatic rings. The Morgan fingerprint density at radius 3 is 2.69 bits per heavy atom. The molecule has 0 aliphatic heterocycles. The van der Waals surface area contributed by atoms with Crippen LogP contribution in [-0.4, -0.2) is 12.7 Å². The van der Waals surface area contributed by atoms with Crippen molar-refractivity contribution in [2.24, 2.45) is 11.8 Å². The van der Waals surface area contributed by atoms with Gasteiger partial charge in [0.05, 0.1) is 18.1 Å². The van der Waals surface area contributed by atoms with Crippen molar-refractivity contribution in [1.29, 1.82) is 5.26 Å². The second kappa shape index (κ2) is 7.68. The van der Waals surface area contributed by atoms with E-state index in [2.05, 4.69) is 19.9 Å². The Balaban J connectivity index is 2.38. The molecule has 0 bridgehead atoms. The van der Waals surface area contributed by atoms with Crippen molar-refractivity contribution in [2.75, 3.05) is 6.61 Å². The van der Waals surface area contributed by atoms with Crippen molar-refractivity contribution in [2.45, 2.75) is 64.9 Å². The molecule has 1 rings (SSSR count). The van der Waals surface area contributed by atoms with E-state index in [1.54, 1.807) is 0 Å². The van der Waals surface area contributed by atoms with Gasteiger partial charge < -0.3 is 4.74 Å². The topological polar surface area (TPSA) is 33.0 Å². The standard InChI is InChI=1S/C14H25NO/c1-3-5-9-16-14-10-12(6-4-2)7-8-13(14)11-15/h12-14H,3-10H2,1-2H3. The Morgan fingerprint density at radius 2 is 2.06 bits per heavy atom. The Morgan fingerprint density at radius 1 is 1.25 bits per heavy atom. The van der Waals surface area contributed by atoms with Crippen LogP contribution in [0, 0.1) is 23.2 Å². The molecule has 0 amide bonds. The van der Waals surface area contributed by atoms with E-state index in [4.69, 9.17) is 10.00 Å². The van der Waals surface area contributed by atoms with Crippen molar-refractivity contribution in [3.8, 4) is 6.07 Å². The van der Waals surface area contributed by atoms with Crippen molar-refractivity contribution in [3.63, 3.8) is 0 Å². The number of ether oxygens (including phenoxy) is 1. The lowest BCUT2D eigenvalue weighted by Gasteiger charge is -2.32. The maximum absolute atomic E-state index is 9.10.